The van der Waals surface area contributed by atoms with Gasteiger partial charge in [0, 0.05) is 6.54 Å². The Morgan fingerprint density at radius 2 is 1.88 bits per heavy atom. The molecule has 0 N–H and O–H groups in total. The van der Waals surface area contributed by atoms with Crippen LogP contribution in [0.15, 0.2) is 38.9 Å². The van der Waals surface area contributed by atoms with Crippen molar-refractivity contribution in [2.24, 2.45) is 0 Å². The maximum absolute atomic E-state index is 13.8. The first-order chi connectivity index (χ1) is 11.4. The molecule has 0 bridgehead atoms. The number of hydrogen-bond donors (Lipinski definition) is 0. The lowest BCUT2D eigenvalue weighted by atomic mass is 10.4. The molecule has 0 aromatic carbocycles. The molecule has 0 fully saturated rings. The number of hydrogen-bond acceptors (Lipinski definition) is 5. The van der Waals surface area contributed by atoms with Crippen LogP contribution in [0.3, 0.4) is 0 Å². The van der Waals surface area contributed by atoms with E-state index < -0.39 is 34.0 Å². The highest BCUT2D eigenvalue weighted by molar-refractivity contribution is 7.99. The fourth-order valence-corrected chi connectivity index (χ4v) is 3.69. The number of aromatic nitrogens is 3. The van der Waals surface area contributed by atoms with Gasteiger partial charge in [-0.25, -0.2) is 13.8 Å². The summed E-state index contributed by atoms with van der Waals surface area (Å²) in [4.78, 5) is 18.4. The molecule has 0 amide bonds. The van der Waals surface area contributed by atoms with E-state index in [4.69, 9.17) is 0 Å². The lowest BCUT2D eigenvalue weighted by molar-refractivity contribution is 0.383. The van der Waals surface area contributed by atoms with Gasteiger partial charge < -0.3 is 0 Å². The molecule has 24 heavy (non-hydrogen) atoms. The average Bonchev–Trinajstić information content (AvgIpc) is 3.01. The van der Waals surface area contributed by atoms with E-state index in [0.717, 1.165) is 15.9 Å². The van der Waals surface area contributed by atoms with E-state index in [1.807, 2.05) is 0 Å². The number of thiophene rings is 1. The van der Waals surface area contributed by atoms with Crippen LogP contribution in [0.1, 0.15) is 0 Å². The molecule has 10 heteroatoms. The van der Waals surface area contributed by atoms with Gasteiger partial charge in [0.25, 0.3) is 17.5 Å². The van der Waals surface area contributed by atoms with Crippen molar-refractivity contribution in [2.45, 2.75) is 16.6 Å². The van der Waals surface area contributed by atoms with Crippen LogP contribution in [0.2, 0.25) is 0 Å². The Kier molecular flexibility index (Phi) is 4.41. The van der Waals surface area contributed by atoms with E-state index in [1.165, 1.54) is 6.08 Å². The van der Waals surface area contributed by atoms with Crippen molar-refractivity contribution in [3.05, 3.63) is 58.0 Å². The summed E-state index contributed by atoms with van der Waals surface area (Å²) in [6.45, 7) is 3.52. The van der Waals surface area contributed by atoms with E-state index in [2.05, 4.69) is 16.5 Å². The molecule has 4 nitrogen and oxygen atoms in total. The van der Waals surface area contributed by atoms with E-state index in [-0.39, 0.29) is 11.7 Å². The highest BCUT2D eigenvalue weighted by Crippen LogP contribution is 2.33. The Labute approximate surface area is 140 Å². The quantitative estimate of drug-likeness (QED) is 0.303. The van der Waals surface area contributed by atoms with Crippen molar-refractivity contribution in [1.82, 2.24) is 14.5 Å². The van der Waals surface area contributed by atoms with Crippen molar-refractivity contribution in [1.29, 1.82) is 0 Å². The topological polar surface area (TPSA) is 47.8 Å². The molecule has 3 aromatic heterocycles. The van der Waals surface area contributed by atoms with Crippen LogP contribution in [-0.4, -0.2) is 14.5 Å². The van der Waals surface area contributed by atoms with E-state index >= 15 is 0 Å². The molecule has 0 aliphatic heterocycles. The van der Waals surface area contributed by atoms with Gasteiger partial charge in [-0.2, -0.15) is 13.8 Å². The maximum atomic E-state index is 13.8. The first kappa shape index (κ1) is 16.7. The fourth-order valence-electron chi connectivity index (χ4n) is 1.95. The van der Waals surface area contributed by atoms with Crippen LogP contribution >= 0.6 is 23.1 Å². The van der Waals surface area contributed by atoms with Gasteiger partial charge >= 0.3 is 0 Å². The zero-order chi connectivity index (χ0) is 17.4. The Morgan fingerprint density at radius 1 is 1.21 bits per heavy atom. The number of fused-ring (bicyclic) bond motifs is 1. The molecule has 0 saturated carbocycles. The predicted molar refractivity (Wildman–Crippen MR) is 82.3 cm³/mol. The molecule has 0 spiro atoms. The third kappa shape index (κ3) is 2.71. The van der Waals surface area contributed by atoms with Gasteiger partial charge in [0.05, 0.1) is 10.3 Å². The van der Waals surface area contributed by atoms with E-state index in [9.17, 15) is 22.4 Å². The van der Waals surface area contributed by atoms with Crippen molar-refractivity contribution >= 4 is 33.3 Å². The van der Waals surface area contributed by atoms with Gasteiger partial charge in [0.1, 0.15) is 4.83 Å². The predicted octanol–water partition coefficient (Wildman–Crippen LogP) is 3.75. The van der Waals surface area contributed by atoms with Gasteiger partial charge in [-0.1, -0.05) is 6.08 Å². The summed E-state index contributed by atoms with van der Waals surface area (Å²) in [7, 11) is 0. The third-order valence-electron chi connectivity index (χ3n) is 3.01. The first-order valence-electron chi connectivity index (χ1n) is 6.40. The van der Waals surface area contributed by atoms with Gasteiger partial charge in [-0.3, -0.25) is 9.36 Å². The van der Waals surface area contributed by atoms with E-state index in [1.54, 1.807) is 11.4 Å². The largest absolute Gasteiger partial charge is 0.283 e. The maximum Gasteiger partial charge on any atom is 0.263 e. The molecule has 3 rings (SSSR count). The van der Waals surface area contributed by atoms with Gasteiger partial charge in [-0.15, -0.1) is 17.9 Å². The third-order valence-corrected chi connectivity index (χ3v) is 4.87. The van der Waals surface area contributed by atoms with E-state index in [0.29, 0.717) is 22.0 Å². The Bertz CT molecular complexity index is 989. The number of allylic oxidation sites excluding steroid dienone is 1. The number of rotatable bonds is 4. The minimum atomic E-state index is -1.77. The highest BCUT2D eigenvalue weighted by atomic mass is 32.2. The summed E-state index contributed by atoms with van der Waals surface area (Å²) in [5, 5.41) is 1.86. The smallest absolute Gasteiger partial charge is 0.263 e. The van der Waals surface area contributed by atoms with Gasteiger partial charge in [0.15, 0.2) is 16.8 Å². The normalized spacial score (nSPS) is 11.2. The second kappa shape index (κ2) is 6.36. The zero-order valence-electron chi connectivity index (χ0n) is 11.7. The van der Waals surface area contributed by atoms with Crippen LogP contribution in [0, 0.1) is 23.5 Å². The molecule has 0 saturated heterocycles. The Balaban J connectivity index is 2.22. The van der Waals surface area contributed by atoms with Gasteiger partial charge in [-0.05, 0) is 23.2 Å². The molecule has 0 aliphatic carbocycles. The number of nitrogens with zero attached hydrogens (tertiary/aromatic N) is 3. The fraction of sp³-hybridized carbons (Fsp3) is 0.0714. The molecule has 0 radical (unpaired) electrons. The Morgan fingerprint density at radius 3 is 2.50 bits per heavy atom. The Hall–Kier alpha value is -2.20. The van der Waals surface area contributed by atoms with Crippen molar-refractivity contribution in [3.8, 4) is 0 Å². The molecule has 3 aromatic rings. The monoisotopic (exact) mass is 373 g/mol. The molecule has 124 valence electrons. The first-order valence-corrected chi connectivity index (χ1v) is 8.10. The van der Waals surface area contributed by atoms with Crippen molar-refractivity contribution < 1.29 is 17.6 Å². The van der Waals surface area contributed by atoms with Gasteiger partial charge in [0.2, 0.25) is 0 Å². The highest BCUT2D eigenvalue weighted by Gasteiger charge is 2.24. The lowest BCUT2D eigenvalue weighted by Crippen LogP contribution is -2.22. The number of pyridine rings is 1. The van der Waals surface area contributed by atoms with Crippen LogP contribution in [0.25, 0.3) is 10.2 Å². The van der Waals surface area contributed by atoms with Crippen LogP contribution in [0.4, 0.5) is 17.6 Å². The molecule has 0 atom stereocenters. The molecule has 0 unspecified atom stereocenters. The SMILES string of the molecule is C=CCn1c(Sc2c(F)c(F)nc(F)c2F)nc2sccc2c1=O. The molecular formula is C14H7F4N3OS2. The van der Waals surface area contributed by atoms with Crippen molar-refractivity contribution in [2.75, 3.05) is 0 Å². The van der Waals surface area contributed by atoms with Crippen LogP contribution in [-0.2, 0) is 6.54 Å². The zero-order valence-corrected chi connectivity index (χ0v) is 13.4. The summed E-state index contributed by atoms with van der Waals surface area (Å²) >= 11 is 1.46. The average molecular weight is 373 g/mol. The van der Waals surface area contributed by atoms with Crippen LogP contribution < -0.4 is 5.56 Å². The summed E-state index contributed by atoms with van der Waals surface area (Å²) < 4.78 is 55.2. The van der Waals surface area contributed by atoms with Crippen LogP contribution in [0.5, 0.6) is 0 Å². The standard InChI is InChI=1S/C14H7F4N3OS2/c1-2-4-21-13(22)6-3-5-23-12(6)20-14(21)24-9-7(15)10(17)19-11(18)8(9)16/h2-3,5H,1,4H2. The van der Waals surface area contributed by atoms with Crippen molar-refractivity contribution in [3.63, 3.8) is 0 Å². The second-order valence-electron chi connectivity index (χ2n) is 4.49. The summed E-state index contributed by atoms with van der Waals surface area (Å²) in [5.74, 6) is -6.84. The lowest BCUT2D eigenvalue weighted by Gasteiger charge is -2.11. The molecular weight excluding hydrogens is 366 g/mol. The minimum absolute atomic E-state index is 0.0131. The molecule has 0 aliphatic rings. The minimum Gasteiger partial charge on any atom is -0.283 e. The molecule has 3 heterocycles. The number of halogens is 4. The summed E-state index contributed by atoms with van der Waals surface area (Å²) in [6, 6.07) is 1.57. The second-order valence-corrected chi connectivity index (χ2v) is 6.36. The summed E-state index contributed by atoms with van der Waals surface area (Å²) in [5.41, 5.74) is -0.445. The summed E-state index contributed by atoms with van der Waals surface area (Å²) in [6.07, 6.45) is 1.39.